The van der Waals surface area contributed by atoms with Crippen molar-refractivity contribution in [2.45, 2.75) is 65.1 Å². The zero-order chi connectivity index (χ0) is 21.7. The van der Waals surface area contributed by atoms with Crippen molar-refractivity contribution in [3.05, 3.63) is 64.7 Å². The molecule has 1 aromatic heterocycles. The maximum atomic E-state index is 14.4. The molecule has 0 radical (unpaired) electrons. The van der Waals surface area contributed by atoms with Gasteiger partial charge in [0.15, 0.2) is 0 Å². The molecule has 0 unspecified atom stereocenters. The zero-order valence-electron chi connectivity index (χ0n) is 18.0. The molecule has 3 rings (SSSR count). The van der Waals surface area contributed by atoms with Gasteiger partial charge < -0.3 is 5.32 Å². The smallest absolute Gasteiger partial charge is 0.225 e. The highest BCUT2D eigenvalue weighted by molar-refractivity contribution is 6.30. The summed E-state index contributed by atoms with van der Waals surface area (Å²) < 4.78 is 14.4. The SMILES string of the molecule is CC(C)(C)C(=O)N[C@@H](C[C@@H]1CCCCN1Cc1ccc(Cl)cc1F)c1ccccn1. The predicted molar refractivity (Wildman–Crippen MR) is 119 cm³/mol. The molecule has 2 heterocycles. The molecule has 0 saturated carbocycles. The minimum atomic E-state index is -0.480. The molecule has 0 aliphatic carbocycles. The Morgan fingerprint density at radius 3 is 2.77 bits per heavy atom. The summed E-state index contributed by atoms with van der Waals surface area (Å²) in [7, 11) is 0. The second-order valence-electron chi connectivity index (χ2n) is 9.12. The number of halogens is 2. The number of hydrogen-bond donors (Lipinski definition) is 1. The number of nitrogens with zero attached hydrogens (tertiary/aromatic N) is 2. The van der Waals surface area contributed by atoms with Crippen molar-refractivity contribution < 1.29 is 9.18 Å². The molecular weight excluding hydrogens is 401 g/mol. The van der Waals surface area contributed by atoms with E-state index in [9.17, 15) is 9.18 Å². The monoisotopic (exact) mass is 431 g/mol. The van der Waals surface area contributed by atoms with Gasteiger partial charge >= 0.3 is 0 Å². The van der Waals surface area contributed by atoms with Crippen LogP contribution in [0.15, 0.2) is 42.6 Å². The van der Waals surface area contributed by atoms with Gasteiger partial charge in [-0.1, -0.05) is 50.9 Å². The minimum Gasteiger partial charge on any atom is -0.347 e. The van der Waals surface area contributed by atoms with Gasteiger partial charge in [0.25, 0.3) is 0 Å². The van der Waals surface area contributed by atoms with Crippen LogP contribution in [0.1, 0.15) is 63.8 Å². The van der Waals surface area contributed by atoms with E-state index in [1.807, 2.05) is 39.0 Å². The standard InChI is InChI=1S/C24H31ClFN3O/c1-24(2,3)23(30)28-22(21-9-4-6-12-27-21)15-19-8-5-7-13-29(19)16-17-10-11-18(25)14-20(17)26/h4,6,9-12,14,19,22H,5,7-8,13,15-16H2,1-3H3,(H,28,30)/t19-,22-/m0/s1. The van der Waals surface area contributed by atoms with E-state index in [1.165, 1.54) is 6.07 Å². The average Bonchev–Trinajstić information content (AvgIpc) is 2.70. The molecule has 1 aliphatic rings. The fourth-order valence-electron chi connectivity index (χ4n) is 3.89. The summed E-state index contributed by atoms with van der Waals surface area (Å²) >= 11 is 5.91. The molecule has 1 aliphatic heterocycles. The molecule has 6 heteroatoms. The normalized spacial score (nSPS) is 18.8. The molecule has 30 heavy (non-hydrogen) atoms. The lowest BCUT2D eigenvalue weighted by Gasteiger charge is -2.38. The van der Waals surface area contributed by atoms with E-state index in [-0.39, 0.29) is 23.8 Å². The number of pyridine rings is 1. The maximum Gasteiger partial charge on any atom is 0.225 e. The number of benzene rings is 1. The first-order chi connectivity index (χ1) is 14.2. The van der Waals surface area contributed by atoms with Crippen LogP contribution in [0.5, 0.6) is 0 Å². The summed E-state index contributed by atoms with van der Waals surface area (Å²) in [6.07, 6.45) is 5.74. The van der Waals surface area contributed by atoms with E-state index in [0.717, 1.165) is 37.9 Å². The number of nitrogens with one attached hydrogen (secondary N) is 1. The molecule has 1 N–H and O–H groups in total. The fraction of sp³-hybridized carbons (Fsp3) is 0.500. The van der Waals surface area contributed by atoms with Crippen molar-refractivity contribution in [1.29, 1.82) is 0 Å². The van der Waals surface area contributed by atoms with E-state index in [2.05, 4.69) is 15.2 Å². The second kappa shape index (κ2) is 9.88. The van der Waals surface area contributed by atoms with Crippen LogP contribution in [0.3, 0.4) is 0 Å². The zero-order valence-corrected chi connectivity index (χ0v) is 18.8. The van der Waals surface area contributed by atoms with Crippen LogP contribution in [0, 0.1) is 11.2 Å². The third-order valence-corrected chi connectivity index (χ3v) is 5.91. The Morgan fingerprint density at radius 2 is 2.10 bits per heavy atom. The van der Waals surface area contributed by atoms with Crippen LogP contribution in [0.4, 0.5) is 4.39 Å². The Balaban J connectivity index is 1.79. The Bertz CT molecular complexity index is 853. The number of amides is 1. The van der Waals surface area contributed by atoms with Crippen LogP contribution in [0.2, 0.25) is 5.02 Å². The third kappa shape index (κ3) is 6.02. The summed E-state index contributed by atoms with van der Waals surface area (Å²) in [6, 6.07) is 10.7. The van der Waals surface area contributed by atoms with Gasteiger partial charge in [-0.3, -0.25) is 14.7 Å². The average molecular weight is 432 g/mol. The van der Waals surface area contributed by atoms with Crippen molar-refractivity contribution in [2.24, 2.45) is 5.41 Å². The summed E-state index contributed by atoms with van der Waals surface area (Å²) in [5, 5.41) is 3.61. The van der Waals surface area contributed by atoms with E-state index < -0.39 is 5.41 Å². The van der Waals surface area contributed by atoms with E-state index in [1.54, 1.807) is 18.3 Å². The number of hydrogen-bond acceptors (Lipinski definition) is 3. The number of carbonyl (C=O) groups excluding carboxylic acids is 1. The highest BCUT2D eigenvalue weighted by Crippen LogP contribution is 2.29. The molecule has 0 bridgehead atoms. The van der Waals surface area contributed by atoms with Crippen molar-refractivity contribution in [3.8, 4) is 0 Å². The highest BCUT2D eigenvalue weighted by atomic mass is 35.5. The number of carbonyl (C=O) groups is 1. The second-order valence-corrected chi connectivity index (χ2v) is 9.56. The van der Waals surface area contributed by atoms with Gasteiger partial charge in [0.05, 0.1) is 11.7 Å². The molecule has 1 saturated heterocycles. The maximum absolute atomic E-state index is 14.4. The molecule has 4 nitrogen and oxygen atoms in total. The Labute approximate surface area is 183 Å². The summed E-state index contributed by atoms with van der Waals surface area (Å²) in [6.45, 7) is 7.18. The van der Waals surface area contributed by atoms with Crippen LogP contribution in [0.25, 0.3) is 0 Å². The molecule has 1 aromatic carbocycles. The van der Waals surface area contributed by atoms with Gasteiger partial charge in [-0.2, -0.15) is 0 Å². The first kappa shape index (κ1) is 22.7. The van der Waals surface area contributed by atoms with Crippen LogP contribution >= 0.6 is 11.6 Å². The predicted octanol–water partition coefficient (Wildman–Crippen LogP) is 5.52. The largest absolute Gasteiger partial charge is 0.347 e. The van der Waals surface area contributed by atoms with E-state index in [0.29, 0.717) is 17.1 Å². The summed E-state index contributed by atoms with van der Waals surface area (Å²) in [4.78, 5) is 19.6. The van der Waals surface area contributed by atoms with Crippen LogP contribution in [-0.4, -0.2) is 28.4 Å². The third-order valence-electron chi connectivity index (χ3n) is 5.68. The minimum absolute atomic E-state index is 0.00394. The quantitative estimate of drug-likeness (QED) is 0.654. The van der Waals surface area contributed by atoms with Crippen molar-refractivity contribution >= 4 is 17.5 Å². The lowest BCUT2D eigenvalue weighted by molar-refractivity contribution is -0.129. The van der Waals surface area contributed by atoms with Crippen molar-refractivity contribution in [1.82, 2.24) is 15.2 Å². The molecular formula is C24H31ClFN3O. The van der Waals surface area contributed by atoms with Gasteiger partial charge in [-0.15, -0.1) is 0 Å². The van der Waals surface area contributed by atoms with Gasteiger partial charge in [-0.05, 0) is 50.1 Å². The molecule has 1 amide bonds. The summed E-state index contributed by atoms with van der Waals surface area (Å²) in [5.41, 5.74) is 1.03. The Hall–Kier alpha value is -1.98. The highest BCUT2D eigenvalue weighted by Gasteiger charge is 2.30. The van der Waals surface area contributed by atoms with Crippen molar-refractivity contribution in [3.63, 3.8) is 0 Å². The van der Waals surface area contributed by atoms with Gasteiger partial charge in [-0.25, -0.2) is 4.39 Å². The first-order valence-electron chi connectivity index (χ1n) is 10.6. The molecule has 1 fully saturated rings. The van der Waals surface area contributed by atoms with Gasteiger partial charge in [0, 0.05) is 34.8 Å². The first-order valence-corrected chi connectivity index (χ1v) is 11.0. The molecule has 0 spiro atoms. The number of piperidine rings is 1. The number of aromatic nitrogens is 1. The topological polar surface area (TPSA) is 45.2 Å². The summed E-state index contributed by atoms with van der Waals surface area (Å²) in [5.74, 6) is -0.265. The van der Waals surface area contributed by atoms with Crippen LogP contribution in [-0.2, 0) is 11.3 Å². The molecule has 2 aromatic rings. The van der Waals surface area contributed by atoms with Gasteiger partial charge in [0.2, 0.25) is 5.91 Å². The number of rotatable bonds is 6. The van der Waals surface area contributed by atoms with Crippen LogP contribution < -0.4 is 5.32 Å². The lowest BCUT2D eigenvalue weighted by Crippen LogP contribution is -2.44. The lowest BCUT2D eigenvalue weighted by atomic mass is 9.91. The molecule has 162 valence electrons. The number of likely N-dealkylation sites (tertiary alicyclic amines) is 1. The van der Waals surface area contributed by atoms with Crippen molar-refractivity contribution in [2.75, 3.05) is 6.54 Å². The Kier molecular flexibility index (Phi) is 7.48. The fourth-order valence-corrected chi connectivity index (χ4v) is 4.05. The van der Waals surface area contributed by atoms with Gasteiger partial charge in [0.1, 0.15) is 5.82 Å². The Morgan fingerprint density at radius 1 is 1.30 bits per heavy atom. The molecule has 2 atom stereocenters. The van der Waals surface area contributed by atoms with E-state index in [4.69, 9.17) is 11.6 Å². The van der Waals surface area contributed by atoms with E-state index >= 15 is 0 Å².